The first-order chi connectivity index (χ1) is 9.63. The smallest absolute Gasteiger partial charge is 0.233 e. The average Bonchev–Trinajstić information content (AvgIpc) is 3.02. The van der Waals surface area contributed by atoms with E-state index in [0.29, 0.717) is 11.9 Å². The molecule has 0 bridgehead atoms. The maximum Gasteiger partial charge on any atom is 0.233 e. The maximum atomic E-state index is 9.89. The molecule has 112 valence electrons. The number of aliphatic hydroxyl groups is 1. The molecular weight excluding hydrogens is 276 g/mol. The molecule has 3 rings (SSSR count). The molecule has 7 heteroatoms. The van der Waals surface area contributed by atoms with E-state index < -0.39 is 0 Å². The SMILES string of the molecule is CN1CCN(C)C(Cc2noc(C3CSCC3O)n2)C1. The molecule has 2 aliphatic heterocycles. The van der Waals surface area contributed by atoms with E-state index in [1.54, 1.807) is 11.8 Å². The van der Waals surface area contributed by atoms with Crippen molar-refractivity contribution >= 4 is 11.8 Å². The van der Waals surface area contributed by atoms with Crippen LogP contribution in [-0.4, -0.2) is 82.4 Å². The summed E-state index contributed by atoms with van der Waals surface area (Å²) in [6, 6.07) is 0.432. The van der Waals surface area contributed by atoms with Crippen molar-refractivity contribution in [3.8, 4) is 0 Å². The number of hydrogen-bond donors (Lipinski definition) is 1. The van der Waals surface area contributed by atoms with Crippen LogP contribution in [0.3, 0.4) is 0 Å². The number of likely N-dealkylation sites (N-methyl/N-ethyl adjacent to an activating group) is 2. The van der Waals surface area contributed by atoms with Gasteiger partial charge in [-0.25, -0.2) is 0 Å². The van der Waals surface area contributed by atoms with Crippen LogP contribution < -0.4 is 0 Å². The topological polar surface area (TPSA) is 65.6 Å². The number of aliphatic hydroxyl groups excluding tert-OH is 1. The Kier molecular flexibility index (Phi) is 4.30. The molecule has 0 amide bonds. The predicted molar refractivity (Wildman–Crippen MR) is 78.0 cm³/mol. The number of hydrogen-bond acceptors (Lipinski definition) is 7. The van der Waals surface area contributed by atoms with Crippen LogP contribution >= 0.6 is 11.8 Å². The summed E-state index contributed by atoms with van der Waals surface area (Å²) in [4.78, 5) is 9.19. The van der Waals surface area contributed by atoms with Gasteiger partial charge in [0.1, 0.15) is 0 Å². The molecule has 2 saturated heterocycles. The Morgan fingerprint density at radius 3 is 2.95 bits per heavy atom. The highest BCUT2D eigenvalue weighted by Crippen LogP contribution is 2.31. The van der Waals surface area contributed by atoms with Crippen molar-refractivity contribution in [2.45, 2.75) is 24.5 Å². The zero-order chi connectivity index (χ0) is 14.1. The summed E-state index contributed by atoms with van der Waals surface area (Å²) in [5.74, 6) is 3.00. The van der Waals surface area contributed by atoms with Gasteiger partial charge >= 0.3 is 0 Å². The molecule has 3 unspecified atom stereocenters. The Morgan fingerprint density at radius 1 is 1.35 bits per heavy atom. The minimum Gasteiger partial charge on any atom is -0.391 e. The summed E-state index contributed by atoms with van der Waals surface area (Å²) < 4.78 is 5.36. The van der Waals surface area contributed by atoms with Gasteiger partial charge in [-0.3, -0.25) is 0 Å². The largest absolute Gasteiger partial charge is 0.391 e. The van der Waals surface area contributed by atoms with Crippen LogP contribution in [-0.2, 0) is 6.42 Å². The monoisotopic (exact) mass is 298 g/mol. The lowest BCUT2D eigenvalue weighted by molar-refractivity contribution is 0.113. The van der Waals surface area contributed by atoms with Crippen molar-refractivity contribution in [1.82, 2.24) is 19.9 Å². The molecule has 2 aliphatic rings. The number of aromatic nitrogens is 2. The predicted octanol–water partition coefficient (Wildman–Crippen LogP) is 0.0492. The highest BCUT2D eigenvalue weighted by Gasteiger charge is 2.32. The van der Waals surface area contributed by atoms with Crippen LogP contribution in [0.1, 0.15) is 17.6 Å². The van der Waals surface area contributed by atoms with Gasteiger partial charge in [-0.2, -0.15) is 16.7 Å². The molecule has 0 radical (unpaired) electrons. The van der Waals surface area contributed by atoms with Crippen LogP contribution in [0.25, 0.3) is 0 Å². The van der Waals surface area contributed by atoms with Crippen molar-refractivity contribution in [1.29, 1.82) is 0 Å². The lowest BCUT2D eigenvalue weighted by Crippen LogP contribution is -2.50. The van der Waals surface area contributed by atoms with Crippen LogP contribution in [0, 0.1) is 0 Å². The lowest BCUT2D eigenvalue weighted by atomic mass is 10.1. The van der Waals surface area contributed by atoms with Gasteiger partial charge in [0.05, 0.1) is 12.0 Å². The second-order valence-corrected chi connectivity index (χ2v) is 6.94. The van der Waals surface area contributed by atoms with Crippen LogP contribution in [0.15, 0.2) is 4.52 Å². The minimum atomic E-state index is -0.350. The first-order valence-electron chi connectivity index (χ1n) is 7.10. The van der Waals surface area contributed by atoms with Crippen molar-refractivity contribution < 1.29 is 9.63 Å². The molecular formula is C13H22N4O2S. The lowest BCUT2D eigenvalue weighted by Gasteiger charge is -2.37. The Labute approximate surface area is 123 Å². The van der Waals surface area contributed by atoms with E-state index in [4.69, 9.17) is 4.52 Å². The van der Waals surface area contributed by atoms with E-state index in [-0.39, 0.29) is 12.0 Å². The van der Waals surface area contributed by atoms with E-state index in [0.717, 1.165) is 43.4 Å². The summed E-state index contributed by atoms with van der Waals surface area (Å²) in [6.07, 6.45) is 0.456. The van der Waals surface area contributed by atoms with Gasteiger partial charge in [0.25, 0.3) is 0 Å². The Morgan fingerprint density at radius 2 is 2.20 bits per heavy atom. The third-order valence-corrected chi connectivity index (χ3v) is 5.42. The van der Waals surface area contributed by atoms with E-state index in [9.17, 15) is 5.11 Å². The van der Waals surface area contributed by atoms with Crippen molar-refractivity contribution in [2.24, 2.45) is 0 Å². The van der Waals surface area contributed by atoms with E-state index in [2.05, 4.69) is 34.0 Å². The van der Waals surface area contributed by atoms with Gasteiger partial charge in [-0.05, 0) is 14.1 Å². The Hall–Kier alpha value is -0.630. The highest BCUT2D eigenvalue weighted by atomic mass is 32.2. The first kappa shape index (κ1) is 14.3. The molecule has 3 atom stereocenters. The van der Waals surface area contributed by atoms with Crippen LogP contribution in [0.2, 0.25) is 0 Å². The normalized spacial score (nSPS) is 32.9. The fourth-order valence-corrected chi connectivity index (χ4v) is 4.04. The average molecular weight is 298 g/mol. The zero-order valence-electron chi connectivity index (χ0n) is 12.0. The molecule has 20 heavy (non-hydrogen) atoms. The molecule has 2 fully saturated rings. The van der Waals surface area contributed by atoms with Gasteiger partial charge in [0, 0.05) is 43.6 Å². The molecule has 0 aromatic carbocycles. The summed E-state index contributed by atoms with van der Waals surface area (Å²) in [6.45, 7) is 3.21. The molecule has 0 aliphatic carbocycles. The number of nitrogens with zero attached hydrogens (tertiary/aromatic N) is 4. The summed E-state index contributed by atoms with van der Waals surface area (Å²) in [5.41, 5.74) is 0. The fraction of sp³-hybridized carbons (Fsp3) is 0.846. The highest BCUT2D eigenvalue weighted by molar-refractivity contribution is 7.99. The van der Waals surface area contributed by atoms with Gasteiger partial charge in [-0.1, -0.05) is 5.16 Å². The first-order valence-corrected chi connectivity index (χ1v) is 8.26. The van der Waals surface area contributed by atoms with E-state index in [1.807, 2.05) is 0 Å². The third kappa shape index (κ3) is 3.00. The molecule has 6 nitrogen and oxygen atoms in total. The molecule has 0 saturated carbocycles. The molecule has 1 N–H and O–H groups in total. The Balaban J connectivity index is 1.64. The van der Waals surface area contributed by atoms with Gasteiger partial charge in [-0.15, -0.1) is 0 Å². The second kappa shape index (κ2) is 6.01. The van der Waals surface area contributed by atoms with Crippen LogP contribution in [0.4, 0.5) is 0 Å². The van der Waals surface area contributed by atoms with Gasteiger partial charge in [0.15, 0.2) is 5.82 Å². The molecule has 1 aromatic rings. The van der Waals surface area contributed by atoms with Crippen molar-refractivity contribution in [3.63, 3.8) is 0 Å². The quantitative estimate of drug-likeness (QED) is 0.846. The summed E-state index contributed by atoms with van der Waals surface area (Å²) >= 11 is 1.74. The second-order valence-electron chi connectivity index (χ2n) is 5.86. The Bertz CT molecular complexity index is 455. The third-order valence-electron chi connectivity index (χ3n) is 4.25. The minimum absolute atomic E-state index is 0.00742. The van der Waals surface area contributed by atoms with Gasteiger partial charge < -0.3 is 19.4 Å². The fourth-order valence-electron chi connectivity index (χ4n) is 2.81. The zero-order valence-corrected chi connectivity index (χ0v) is 12.8. The molecule has 0 spiro atoms. The number of thioether (sulfide) groups is 1. The number of piperazine rings is 1. The molecule has 1 aromatic heterocycles. The van der Waals surface area contributed by atoms with Crippen LogP contribution in [0.5, 0.6) is 0 Å². The van der Waals surface area contributed by atoms with Crippen molar-refractivity contribution in [3.05, 3.63) is 11.7 Å². The van der Waals surface area contributed by atoms with E-state index in [1.165, 1.54) is 0 Å². The standard InChI is InChI=1S/C13H22N4O2S/c1-16-3-4-17(2)9(6-16)5-12-14-13(19-15-12)10-7-20-8-11(10)18/h9-11,18H,3-8H2,1-2H3. The van der Waals surface area contributed by atoms with Gasteiger partial charge in [0.2, 0.25) is 5.89 Å². The molecule has 3 heterocycles. The maximum absolute atomic E-state index is 9.89. The number of rotatable bonds is 3. The summed E-state index contributed by atoms with van der Waals surface area (Å²) in [7, 11) is 4.30. The van der Waals surface area contributed by atoms with Crippen molar-refractivity contribution in [2.75, 3.05) is 45.2 Å². The summed E-state index contributed by atoms with van der Waals surface area (Å²) in [5, 5.41) is 14.0. The van der Waals surface area contributed by atoms with E-state index >= 15 is 0 Å².